The molecule has 0 heterocycles. The van der Waals surface area contributed by atoms with Gasteiger partial charge in [0, 0.05) is 26.3 Å². The Balaban J connectivity index is 2.58. The molecule has 16 heavy (non-hydrogen) atoms. The predicted molar refractivity (Wildman–Crippen MR) is 65.6 cm³/mol. The van der Waals surface area contributed by atoms with E-state index in [2.05, 4.69) is 5.32 Å². The highest BCUT2D eigenvalue weighted by Crippen LogP contribution is 2.30. The predicted octanol–water partition coefficient (Wildman–Crippen LogP) is 2.48. The molecule has 5 heteroatoms. The van der Waals surface area contributed by atoms with E-state index in [9.17, 15) is 0 Å². The zero-order chi connectivity index (χ0) is 12.0. The van der Waals surface area contributed by atoms with Gasteiger partial charge in [0.05, 0.1) is 0 Å². The van der Waals surface area contributed by atoms with Crippen molar-refractivity contribution in [3.63, 3.8) is 0 Å². The van der Waals surface area contributed by atoms with Gasteiger partial charge in [-0.3, -0.25) is 5.32 Å². The highest BCUT2D eigenvalue weighted by molar-refractivity contribution is 6.47. The van der Waals surface area contributed by atoms with E-state index in [1.807, 2.05) is 30.3 Å². The van der Waals surface area contributed by atoms with E-state index in [0.717, 1.165) is 5.56 Å². The lowest BCUT2D eigenvalue weighted by Crippen LogP contribution is -2.38. The number of nitrogens with one attached hydrogen (secondary N) is 1. The van der Waals surface area contributed by atoms with E-state index in [0.29, 0.717) is 6.54 Å². The van der Waals surface area contributed by atoms with Crippen LogP contribution in [0.4, 0.5) is 0 Å². The lowest BCUT2D eigenvalue weighted by atomic mass is 10.2. The van der Waals surface area contributed by atoms with Crippen LogP contribution in [0.15, 0.2) is 30.3 Å². The second-order valence-corrected chi connectivity index (χ2v) is 4.55. The maximum absolute atomic E-state index is 6.16. The number of alkyl halides is 2. The Morgan fingerprint density at radius 2 is 1.75 bits per heavy atom. The zero-order valence-electron chi connectivity index (χ0n) is 9.24. The molecule has 1 aromatic carbocycles. The number of hydrogen-bond acceptors (Lipinski definition) is 3. The second-order valence-electron chi connectivity index (χ2n) is 3.22. The first-order valence-electron chi connectivity index (χ1n) is 4.84. The van der Waals surface area contributed by atoms with Crippen LogP contribution in [0.5, 0.6) is 0 Å². The number of hydrogen-bond donors (Lipinski definition) is 1. The van der Waals surface area contributed by atoms with Gasteiger partial charge in [-0.25, -0.2) is 0 Å². The van der Waals surface area contributed by atoms with Gasteiger partial charge >= 0.3 is 0 Å². The Hall–Kier alpha value is -0.320. The molecule has 3 nitrogen and oxygen atoms in total. The summed E-state index contributed by atoms with van der Waals surface area (Å²) in [5.41, 5.74) is 0.782. The first kappa shape index (κ1) is 13.7. The normalized spacial score (nSPS) is 12.1. The fraction of sp³-hybridized carbons (Fsp3) is 0.455. The van der Waals surface area contributed by atoms with Crippen molar-refractivity contribution in [2.45, 2.75) is 10.7 Å². The summed E-state index contributed by atoms with van der Waals surface area (Å²) in [4.78, 5) is 0. The summed E-state index contributed by atoms with van der Waals surface area (Å²) >= 11 is 12.3. The van der Waals surface area contributed by atoms with E-state index < -0.39 is 4.46 Å². The molecule has 0 aliphatic carbocycles. The molecule has 0 bridgehead atoms. The van der Waals surface area contributed by atoms with Crippen LogP contribution < -0.4 is 5.32 Å². The molecule has 0 spiro atoms. The molecule has 0 saturated carbocycles. The lowest BCUT2D eigenvalue weighted by Gasteiger charge is -2.24. The van der Waals surface area contributed by atoms with Crippen LogP contribution in [-0.4, -0.2) is 27.1 Å². The minimum Gasteiger partial charge on any atom is -0.355 e. The third-order valence-electron chi connectivity index (χ3n) is 2.15. The topological polar surface area (TPSA) is 30.5 Å². The molecule has 0 radical (unpaired) electrons. The summed E-state index contributed by atoms with van der Waals surface area (Å²) in [7, 11) is 3.12. The summed E-state index contributed by atoms with van der Waals surface area (Å²) in [6.07, 6.45) is -0.374. The molecule has 1 rings (SSSR count). The summed E-state index contributed by atoms with van der Waals surface area (Å²) in [6, 6.07) is 9.35. The van der Waals surface area contributed by atoms with Crippen molar-refractivity contribution in [1.82, 2.24) is 5.32 Å². The molecule has 0 aromatic heterocycles. The monoisotopic (exact) mass is 263 g/mol. The van der Waals surface area contributed by atoms with Crippen molar-refractivity contribution in [1.29, 1.82) is 0 Å². The van der Waals surface area contributed by atoms with Crippen LogP contribution in [0.3, 0.4) is 0 Å². The highest BCUT2D eigenvalue weighted by atomic mass is 35.5. The van der Waals surface area contributed by atoms with Gasteiger partial charge in [0.15, 0.2) is 10.7 Å². The molecular weight excluding hydrogens is 249 g/mol. The summed E-state index contributed by atoms with van der Waals surface area (Å²) in [5, 5.41) is 2.96. The molecule has 0 atom stereocenters. The Morgan fingerprint density at radius 3 is 2.25 bits per heavy atom. The van der Waals surface area contributed by atoms with Gasteiger partial charge < -0.3 is 9.47 Å². The van der Waals surface area contributed by atoms with Crippen molar-refractivity contribution in [3.05, 3.63) is 35.9 Å². The van der Waals surface area contributed by atoms with Gasteiger partial charge in [-0.2, -0.15) is 0 Å². The Kier molecular flexibility index (Phi) is 5.52. The number of ether oxygens (including phenoxy) is 2. The van der Waals surface area contributed by atoms with Crippen molar-refractivity contribution in [3.8, 4) is 0 Å². The summed E-state index contributed by atoms with van der Waals surface area (Å²) in [5.74, 6) is 0. The van der Waals surface area contributed by atoms with Crippen molar-refractivity contribution >= 4 is 23.2 Å². The number of methoxy groups -OCH3 is 2. The molecular formula is C11H15Cl2NO2. The van der Waals surface area contributed by atoms with Gasteiger partial charge in [0.1, 0.15) is 0 Å². The van der Waals surface area contributed by atoms with Gasteiger partial charge in [-0.15, -0.1) is 0 Å². The van der Waals surface area contributed by atoms with E-state index in [4.69, 9.17) is 32.7 Å². The van der Waals surface area contributed by atoms with Gasteiger partial charge in [0.2, 0.25) is 0 Å². The Labute approximate surface area is 106 Å². The average molecular weight is 264 g/mol. The van der Waals surface area contributed by atoms with Crippen LogP contribution in [0.1, 0.15) is 5.56 Å². The summed E-state index contributed by atoms with van der Waals surface area (Å²) < 4.78 is 8.92. The maximum Gasteiger partial charge on any atom is 0.194 e. The molecule has 0 saturated heterocycles. The molecule has 0 unspecified atom stereocenters. The standard InChI is InChI=1S/C11H15Cl2NO2/c1-15-10(16-2)8-14-11(12,13)9-6-4-3-5-7-9/h3-7,10,14H,8H2,1-2H3. The molecule has 0 amide bonds. The van der Waals surface area contributed by atoms with E-state index in [-0.39, 0.29) is 6.29 Å². The number of halogens is 2. The molecule has 0 fully saturated rings. The summed E-state index contributed by atoms with van der Waals surface area (Å²) in [6.45, 7) is 0.398. The van der Waals surface area contributed by atoms with Crippen LogP contribution >= 0.6 is 23.2 Å². The minimum absolute atomic E-state index is 0.374. The van der Waals surface area contributed by atoms with Crippen LogP contribution in [0.2, 0.25) is 0 Å². The van der Waals surface area contributed by atoms with Crippen LogP contribution in [0.25, 0.3) is 0 Å². The third kappa shape index (κ3) is 3.92. The SMILES string of the molecule is COC(CNC(Cl)(Cl)c1ccccc1)OC. The van der Waals surface area contributed by atoms with E-state index >= 15 is 0 Å². The Morgan fingerprint density at radius 1 is 1.19 bits per heavy atom. The fourth-order valence-electron chi connectivity index (χ4n) is 1.22. The zero-order valence-corrected chi connectivity index (χ0v) is 10.8. The molecule has 0 aliphatic rings. The van der Waals surface area contributed by atoms with E-state index in [1.54, 1.807) is 14.2 Å². The molecule has 1 aromatic rings. The maximum atomic E-state index is 6.16. The minimum atomic E-state index is -1.14. The second kappa shape index (κ2) is 6.42. The quantitative estimate of drug-likeness (QED) is 0.486. The van der Waals surface area contributed by atoms with Crippen molar-refractivity contribution in [2.75, 3.05) is 20.8 Å². The van der Waals surface area contributed by atoms with Crippen LogP contribution in [-0.2, 0) is 13.9 Å². The first-order chi connectivity index (χ1) is 7.60. The first-order valence-corrected chi connectivity index (χ1v) is 5.59. The highest BCUT2D eigenvalue weighted by Gasteiger charge is 2.26. The van der Waals surface area contributed by atoms with Gasteiger partial charge in [0.25, 0.3) is 0 Å². The molecule has 1 N–H and O–H groups in total. The average Bonchev–Trinajstić information content (AvgIpc) is 2.31. The lowest BCUT2D eigenvalue weighted by molar-refractivity contribution is -0.0996. The number of benzene rings is 1. The molecule has 0 aliphatic heterocycles. The molecule has 90 valence electrons. The van der Waals surface area contributed by atoms with Crippen molar-refractivity contribution in [2.24, 2.45) is 0 Å². The fourth-order valence-corrected chi connectivity index (χ4v) is 1.63. The largest absolute Gasteiger partial charge is 0.355 e. The number of rotatable bonds is 6. The third-order valence-corrected chi connectivity index (χ3v) is 2.86. The Bertz CT molecular complexity index is 302. The van der Waals surface area contributed by atoms with E-state index in [1.165, 1.54) is 0 Å². The van der Waals surface area contributed by atoms with Gasteiger partial charge in [-0.1, -0.05) is 53.5 Å². The van der Waals surface area contributed by atoms with Crippen LogP contribution in [0, 0.1) is 0 Å². The van der Waals surface area contributed by atoms with Gasteiger partial charge in [-0.05, 0) is 0 Å². The smallest absolute Gasteiger partial charge is 0.194 e. The van der Waals surface area contributed by atoms with Crippen molar-refractivity contribution < 1.29 is 9.47 Å².